The Labute approximate surface area is 228 Å². The fourth-order valence-corrected chi connectivity index (χ4v) is 6.09. The fourth-order valence-electron chi connectivity index (χ4n) is 4.16. The van der Waals surface area contributed by atoms with Gasteiger partial charge in [0.05, 0.1) is 15.6 Å². The molecule has 1 aliphatic rings. The smallest absolute Gasteiger partial charge is 0.269 e. The molecule has 0 saturated heterocycles. The van der Waals surface area contributed by atoms with Crippen LogP contribution >= 0.6 is 23.2 Å². The van der Waals surface area contributed by atoms with Crippen LogP contribution in [0, 0.1) is 0 Å². The average Bonchev–Trinajstić information content (AvgIpc) is 3.06. The molecule has 3 amide bonds. The van der Waals surface area contributed by atoms with E-state index in [4.69, 9.17) is 23.2 Å². The summed E-state index contributed by atoms with van der Waals surface area (Å²) < 4.78 is 26.4. The fraction of sp³-hybridized carbons (Fsp3) is 0.423. The predicted octanol–water partition coefficient (Wildman–Crippen LogP) is 4.64. The zero-order valence-electron chi connectivity index (χ0n) is 21.0. The molecule has 200 valence electrons. The van der Waals surface area contributed by atoms with Crippen molar-refractivity contribution in [2.24, 2.45) is 0 Å². The molecule has 0 saturated carbocycles. The Hall–Kier alpha value is -2.62. The van der Waals surface area contributed by atoms with Gasteiger partial charge in [-0.25, -0.2) is 12.7 Å². The first kappa shape index (κ1) is 28.9. The number of fused-ring (bicyclic) bond motifs is 1. The van der Waals surface area contributed by atoms with Crippen molar-refractivity contribution in [1.29, 1.82) is 0 Å². The van der Waals surface area contributed by atoms with Crippen molar-refractivity contribution in [3.05, 3.63) is 63.6 Å². The Morgan fingerprint density at radius 2 is 1.76 bits per heavy atom. The van der Waals surface area contributed by atoms with Crippen LogP contribution < -0.4 is 5.32 Å². The molecular formula is C26H31Cl2N3O5S. The van der Waals surface area contributed by atoms with E-state index in [0.717, 1.165) is 10.7 Å². The van der Waals surface area contributed by atoms with E-state index in [9.17, 15) is 22.8 Å². The number of sulfonamides is 1. The number of nitrogens with one attached hydrogen (secondary N) is 1. The maximum Gasteiger partial charge on any atom is 0.269 e. The summed E-state index contributed by atoms with van der Waals surface area (Å²) in [6, 6.07) is 10.3. The molecule has 1 heterocycles. The number of carbonyl (C=O) groups is 3. The van der Waals surface area contributed by atoms with Crippen molar-refractivity contribution in [2.75, 3.05) is 6.54 Å². The molecule has 8 nitrogen and oxygen atoms in total. The van der Waals surface area contributed by atoms with Gasteiger partial charge in [-0.1, -0.05) is 55.2 Å². The SMILES string of the molecule is CC[C@@H](C)NC(=O)[C@H](CC)N(Cc1ccc(Cl)c(Cl)c1)C(=O)CCCN1C(=O)c2ccccc2S1(=O)=O. The quantitative estimate of drug-likeness (QED) is 0.426. The molecule has 1 N–H and O–H groups in total. The lowest BCUT2D eigenvalue weighted by Gasteiger charge is -2.31. The van der Waals surface area contributed by atoms with Gasteiger partial charge in [-0.15, -0.1) is 0 Å². The van der Waals surface area contributed by atoms with Gasteiger partial charge in [0.15, 0.2) is 0 Å². The van der Waals surface area contributed by atoms with Gasteiger partial charge < -0.3 is 10.2 Å². The summed E-state index contributed by atoms with van der Waals surface area (Å²) in [6.07, 6.45) is 1.18. The average molecular weight is 569 g/mol. The molecule has 0 radical (unpaired) electrons. The third-order valence-corrected chi connectivity index (χ3v) is 8.97. The number of amides is 3. The van der Waals surface area contributed by atoms with Crippen molar-refractivity contribution in [2.45, 2.75) is 70.0 Å². The molecule has 37 heavy (non-hydrogen) atoms. The van der Waals surface area contributed by atoms with Crippen molar-refractivity contribution in [3.8, 4) is 0 Å². The molecule has 0 fully saturated rings. The first-order chi connectivity index (χ1) is 17.5. The van der Waals surface area contributed by atoms with Crippen molar-refractivity contribution in [3.63, 3.8) is 0 Å². The maximum absolute atomic E-state index is 13.4. The lowest BCUT2D eigenvalue weighted by atomic mass is 10.1. The van der Waals surface area contributed by atoms with E-state index >= 15 is 0 Å². The van der Waals surface area contributed by atoms with Crippen molar-refractivity contribution < 1.29 is 22.8 Å². The minimum absolute atomic E-state index is 0.0275. The Morgan fingerprint density at radius 3 is 2.38 bits per heavy atom. The highest BCUT2D eigenvalue weighted by Crippen LogP contribution is 2.30. The highest BCUT2D eigenvalue weighted by molar-refractivity contribution is 7.90. The number of rotatable bonds is 11. The van der Waals surface area contributed by atoms with Crippen LogP contribution in [0.2, 0.25) is 10.0 Å². The van der Waals surface area contributed by atoms with Crippen LogP contribution in [0.15, 0.2) is 47.4 Å². The highest BCUT2D eigenvalue weighted by Gasteiger charge is 2.40. The zero-order chi connectivity index (χ0) is 27.3. The largest absolute Gasteiger partial charge is 0.352 e. The summed E-state index contributed by atoms with van der Waals surface area (Å²) in [7, 11) is -3.95. The second kappa shape index (κ2) is 12.3. The van der Waals surface area contributed by atoms with E-state index in [2.05, 4.69) is 5.32 Å². The van der Waals surface area contributed by atoms with E-state index in [1.165, 1.54) is 17.0 Å². The summed E-state index contributed by atoms with van der Waals surface area (Å²) in [5, 5.41) is 3.65. The Kier molecular flexibility index (Phi) is 9.61. The van der Waals surface area contributed by atoms with Crippen molar-refractivity contribution in [1.82, 2.24) is 14.5 Å². The normalized spacial score (nSPS) is 15.7. The van der Waals surface area contributed by atoms with Crippen LogP contribution in [-0.2, 0) is 26.2 Å². The lowest BCUT2D eigenvalue weighted by molar-refractivity contribution is -0.141. The van der Waals surface area contributed by atoms with Crippen LogP contribution in [0.1, 0.15) is 62.4 Å². The van der Waals surface area contributed by atoms with Gasteiger partial charge >= 0.3 is 0 Å². The third kappa shape index (κ3) is 6.45. The van der Waals surface area contributed by atoms with Gasteiger partial charge in [0.1, 0.15) is 10.9 Å². The Morgan fingerprint density at radius 1 is 1.05 bits per heavy atom. The number of carbonyl (C=O) groups excluding carboxylic acids is 3. The van der Waals surface area contributed by atoms with Gasteiger partial charge in [-0.2, -0.15) is 0 Å². The lowest BCUT2D eigenvalue weighted by Crippen LogP contribution is -2.50. The van der Waals surface area contributed by atoms with E-state index in [-0.39, 0.29) is 54.2 Å². The molecule has 0 spiro atoms. The first-order valence-corrected chi connectivity index (χ1v) is 14.4. The number of hydrogen-bond acceptors (Lipinski definition) is 5. The minimum atomic E-state index is -3.95. The summed E-state index contributed by atoms with van der Waals surface area (Å²) in [5.41, 5.74) is 0.827. The van der Waals surface area contributed by atoms with E-state index in [0.29, 0.717) is 22.0 Å². The molecule has 0 unspecified atom stereocenters. The molecule has 0 aliphatic carbocycles. The van der Waals surface area contributed by atoms with Crippen LogP contribution in [0.4, 0.5) is 0 Å². The predicted molar refractivity (Wildman–Crippen MR) is 143 cm³/mol. The summed E-state index contributed by atoms with van der Waals surface area (Å²) in [4.78, 5) is 40.6. The molecular weight excluding hydrogens is 537 g/mol. The van der Waals surface area contributed by atoms with Crippen LogP contribution in [0.25, 0.3) is 0 Å². The molecule has 2 atom stereocenters. The minimum Gasteiger partial charge on any atom is -0.352 e. The summed E-state index contributed by atoms with van der Waals surface area (Å²) in [5.74, 6) is -1.20. The maximum atomic E-state index is 13.4. The van der Waals surface area contributed by atoms with Crippen LogP contribution in [0.5, 0.6) is 0 Å². The molecule has 0 bridgehead atoms. The second-order valence-corrected chi connectivity index (χ2v) is 11.6. The molecule has 2 aromatic rings. The molecule has 1 aliphatic heterocycles. The second-order valence-electron chi connectivity index (χ2n) is 8.99. The number of hydrogen-bond donors (Lipinski definition) is 1. The summed E-state index contributed by atoms with van der Waals surface area (Å²) in [6.45, 7) is 5.65. The summed E-state index contributed by atoms with van der Waals surface area (Å²) >= 11 is 12.2. The van der Waals surface area contributed by atoms with Gasteiger partial charge in [-0.05, 0) is 56.0 Å². The monoisotopic (exact) mass is 567 g/mol. The molecule has 3 rings (SSSR count). The molecule has 0 aromatic heterocycles. The standard InChI is InChI=1S/C26H31Cl2N3O5S/c1-4-17(3)29-25(33)22(5-2)30(16-18-12-13-20(27)21(28)15-18)24(32)11-8-14-31-26(34)19-9-6-7-10-23(19)37(31,35)36/h6-7,9-10,12-13,15,17,22H,4-5,8,11,14,16H2,1-3H3,(H,29,33)/t17-,22+/m1/s1. The first-order valence-electron chi connectivity index (χ1n) is 12.2. The van der Waals surface area contributed by atoms with Gasteiger partial charge in [0.25, 0.3) is 15.9 Å². The van der Waals surface area contributed by atoms with Crippen molar-refractivity contribution >= 4 is 50.9 Å². The van der Waals surface area contributed by atoms with Crippen LogP contribution in [0.3, 0.4) is 0 Å². The molecule has 2 aromatic carbocycles. The topological polar surface area (TPSA) is 104 Å². The van der Waals surface area contributed by atoms with Gasteiger partial charge in [0, 0.05) is 25.6 Å². The molecule has 11 heteroatoms. The zero-order valence-corrected chi connectivity index (χ0v) is 23.4. The van der Waals surface area contributed by atoms with E-state index < -0.39 is 22.0 Å². The van der Waals surface area contributed by atoms with E-state index in [1.807, 2.05) is 20.8 Å². The number of nitrogens with zero attached hydrogens (tertiary/aromatic N) is 2. The third-order valence-electron chi connectivity index (χ3n) is 6.39. The Balaban J connectivity index is 1.77. The Bertz CT molecular complexity index is 1280. The number of benzene rings is 2. The van der Waals surface area contributed by atoms with E-state index in [1.54, 1.807) is 30.3 Å². The van der Waals surface area contributed by atoms with Gasteiger partial charge in [0.2, 0.25) is 11.8 Å². The van der Waals surface area contributed by atoms with Crippen LogP contribution in [-0.4, -0.2) is 54.0 Å². The highest BCUT2D eigenvalue weighted by atomic mass is 35.5. The van der Waals surface area contributed by atoms with Gasteiger partial charge in [-0.3, -0.25) is 14.4 Å². The number of halogens is 2.